The summed E-state index contributed by atoms with van der Waals surface area (Å²) in [6.45, 7) is 8.49. The van der Waals surface area contributed by atoms with Crippen molar-refractivity contribution in [3.05, 3.63) is 101 Å². The van der Waals surface area contributed by atoms with Crippen LogP contribution in [0.5, 0.6) is 0 Å². The van der Waals surface area contributed by atoms with Crippen LogP contribution in [0.2, 0.25) is 0 Å². The monoisotopic (exact) mass is 531 g/mol. The van der Waals surface area contributed by atoms with Crippen molar-refractivity contribution >= 4 is 29.3 Å². The van der Waals surface area contributed by atoms with Crippen LogP contribution < -0.4 is 10.6 Å². The largest absolute Gasteiger partial charge is 0.345 e. The number of nitrogens with one attached hydrogen (secondary N) is 2. The minimum absolute atomic E-state index is 0.000527. The van der Waals surface area contributed by atoms with Crippen molar-refractivity contribution in [3.63, 3.8) is 0 Å². The zero-order valence-electron chi connectivity index (χ0n) is 21.8. The van der Waals surface area contributed by atoms with Gasteiger partial charge < -0.3 is 10.6 Å². The molecule has 4 rings (SSSR count). The van der Waals surface area contributed by atoms with Crippen molar-refractivity contribution < 1.29 is 14.0 Å². The first kappa shape index (κ1) is 27.1. The Kier molecular flexibility index (Phi) is 8.26. The molecule has 3 aromatic carbocycles. The first-order valence-corrected chi connectivity index (χ1v) is 13.2. The fourth-order valence-electron chi connectivity index (χ4n) is 3.80. The number of anilines is 1. The molecule has 1 aromatic heterocycles. The number of amides is 2. The Balaban J connectivity index is 1.50. The minimum atomic E-state index is -0.500. The number of para-hydroxylation sites is 1. The Morgan fingerprint density at radius 3 is 2.39 bits per heavy atom. The van der Waals surface area contributed by atoms with Crippen molar-refractivity contribution in [2.24, 2.45) is 0 Å². The lowest BCUT2D eigenvalue weighted by atomic mass is 9.87. The molecule has 0 atom stereocenters. The molecule has 1 heterocycles. The second kappa shape index (κ2) is 11.6. The van der Waals surface area contributed by atoms with Gasteiger partial charge in [-0.3, -0.25) is 14.2 Å². The number of benzene rings is 3. The Hall–Kier alpha value is -3.98. The molecule has 2 amide bonds. The SMILES string of the molecule is Cc1cccc(-n2c(CNC(=O)c3ccc(C(C)(C)C)cc3)nnc2SCC(=O)Nc2ccccc2F)c1. The lowest BCUT2D eigenvalue weighted by Crippen LogP contribution is -2.25. The molecule has 0 aliphatic rings. The average Bonchev–Trinajstić information content (AvgIpc) is 3.30. The van der Waals surface area contributed by atoms with E-state index in [1.807, 2.05) is 60.0 Å². The van der Waals surface area contributed by atoms with Crippen molar-refractivity contribution in [2.75, 3.05) is 11.1 Å². The summed E-state index contributed by atoms with van der Waals surface area (Å²) in [6, 6.07) is 21.4. The number of halogens is 1. The zero-order valence-corrected chi connectivity index (χ0v) is 22.6. The van der Waals surface area contributed by atoms with Crippen LogP contribution >= 0.6 is 11.8 Å². The minimum Gasteiger partial charge on any atom is -0.345 e. The van der Waals surface area contributed by atoms with Gasteiger partial charge in [0.1, 0.15) is 5.82 Å². The number of aryl methyl sites for hydroxylation is 1. The van der Waals surface area contributed by atoms with E-state index < -0.39 is 5.82 Å². The second-order valence-electron chi connectivity index (χ2n) is 9.90. The summed E-state index contributed by atoms with van der Waals surface area (Å²) in [5.74, 6) is -0.563. The second-order valence-corrected chi connectivity index (χ2v) is 10.8. The quantitative estimate of drug-likeness (QED) is 0.286. The number of carbonyl (C=O) groups is 2. The van der Waals surface area contributed by atoms with Crippen LogP contribution in [-0.2, 0) is 16.8 Å². The zero-order chi connectivity index (χ0) is 27.3. The molecule has 0 radical (unpaired) electrons. The van der Waals surface area contributed by atoms with E-state index in [4.69, 9.17) is 0 Å². The van der Waals surface area contributed by atoms with Crippen molar-refractivity contribution in [1.29, 1.82) is 0 Å². The van der Waals surface area contributed by atoms with Crippen LogP contribution in [0.25, 0.3) is 5.69 Å². The van der Waals surface area contributed by atoms with Gasteiger partial charge in [-0.25, -0.2) is 4.39 Å². The van der Waals surface area contributed by atoms with Crippen LogP contribution in [0.4, 0.5) is 10.1 Å². The van der Waals surface area contributed by atoms with Crippen molar-refractivity contribution in [1.82, 2.24) is 20.1 Å². The van der Waals surface area contributed by atoms with Gasteiger partial charge in [-0.05, 0) is 59.9 Å². The van der Waals surface area contributed by atoms with E-state index in [1.165, 1.54) is 23.9 Å². The number of rotatable bonds is 8. The molecule has 38 heavy (non-hydrogen) atoms. The van der Waals surface area contributed by atoms with Gasteiger partial charge in [0, 0.05) is 11.3 Å². The number of nitrogens with zero attached hydrogens (tertiary/aromatic N) is 3. The van der Waals surface area contributed by atoms with E-state index in [0.717, 1.165) is 16.8 Å². The average molecular weight is 532 g/mol. The summed E-state index contributed by atoms with van der Waals surface area (Å²) in [5, 5.41) is 14.6. The predicted molar refractivity (Wildman–Crippen MR) is 148 cm³/mol. The van der Waals surface area contributed by atoms with E-state index >= 15 is 0 Å². The summed E-state index contributed by atoms with van der Waals surface area (Å²) in [5.41, 5.74) is 3.67. The Morgan fingerprint density at radius 2 is 1.71 bits per heavy atom. The highest BCUT2D eigenvalue weighted by atomic mass is 32.2. The van der Waals surface area contributed by atoms with Crippen LogP contribution in [0, 0.1) is 12.7 Å². The highest BCUT2D eigenvalue weighted by Crippen LogP contribution is 2.24. The van der Waals surface area contributed by atoms with Crippen LogP contribution in [0.15, 0.2) is 78.0 Å². The Morgan fingerprint density at radius 1 is 0.974 bits per heavy atom. The summed E-state index contributed by atoms with van der Waals surface area (Å²) in [6.07, 6.45) is 0. The molecule has 196 valence electrons. The summed E-state index contributed by atoms with van der Waals surface area (Å²) in [7, 11) is 0. The maximum Gasteiger partial charge on any atom is 0.251 e. The molecular weight excluding hydrogens is 501 g/mol. The molecule has 2 N–H and O–H groups in total. The third-order valence-electron chi connectivity index (χ3n) is 5.86. The number of hydrogen-bond acceptors (Lipinski definition) is 5. The van der Waals surface area contributed by atoms with Crippen LogP contribution in [0.3, 0.4) is 0 Å². The highest BCUT2D eigenvalue weighted by molar-refractivity contribution is 7.99. The smallest absolute Gasteiger partial charge is 0.251 e. The third kappa shape index (κ3) is 6.66. The molecule has 0 aliphatic carbocycles. The van der Waals surface area contributed by atoms with Gasteiger partial charge >= 0.3 is 0 Å². The molecule has 4 aromatic rings. The van der Waals surface area contributed by atoms with Crippen LogP contribution in [-0.4, -0.2) is 32.3 Å². The Labute approximate surface area is 225 Å². The topological polar surface area (TPSA) is 88.9 Å². The number of carbonyl (C=O) groups excluding carboxylic acids is 2. The number of hydrogen-bond donors (Lipinski definition) is 2. The number of thioether (sulfide) groups is 1. The number of aromatic nitrogens is 3. The first-order valence-electron chi connectivity index (χ1n) is 12.2. The van der Waals surface area contributed by atoms with E-state index in [1.54, 1.807) is 12.1 Å². The third-order valence-corrected chi connectivity index (χ3v) is 6.79. The molecule has 0 saturated heterocycles. The predicted octanol–water partition coefficient (Wildman–Crippen LogP) is 5.67. The van der Waals surface area contributed by atoms with Gasteiger partial charge in [0.25, 0.3) is 5.91 Å². The van der Waals surface area contributed by atoms with E-state index in [0.29, 0.717) is 16.5 Å². The van der Waals surface area contributed by atoms with Gasteiger partial charge in [0.2, 0.25) is 5.91 Å². The maximum atomic E-state index is 13.9. The molecule has 9 heteroatoms. The van der Waals surface area contributed by atoms with Gasteiger partial charge in [-0.2, -0.15) is 0 Å². The highest BCUT2D eigenvalue weighted by Gasteiger charge is 2.18. The molecule has 0 bridgehead atoms. The van der Waals surface area contributed by atoms with Crippen molar-refractivity contribution in [2.45, 2.75) is 44.8 Å². The summed E-state index contributed by atoms with van der Waals surface area (Å²) in [4.78, 5) is 25.3. The van der Waals surface area contributed by atoms with E-state index in [9.17, 15) is 14.0 Å². The van der Waals surface area contributed by atoms with Gasteiger partial charge in [0.05, 0.1) is 18.0 Å². The Bertz CT molecular complexity index is 1440. The molecule has 0 fully saturated rings. The molecule has 0 unspecified atom stereocenters. The summed E-state index contributed by atoms with van der Waals surface area (Å²) < 4.78 is 15.7. The van der Waals surface area contributed by atoms with Gasteiger partial charge in [-0.1, -0.05) is 68.9 Å². The normalized spacial score (nSPS) is 11.3. The van der Waals surface area contributed by atoms with E-state index in [2.05, 4.69) is 41.6 Å². The summed E-state index contributed by atoms with van der Waals surface area (Å²) >= 11 is 1.18. The lowest BCUT2D eigenvalue weighted by molar-refractivity contribution is -0.113. The fraction of sp³-hybridized carbons (Fsp3) is 0.241. The molecule has 0 aliphatic heterocycles. The van der Waals surface area contributed by atoms with Crippen molar-refractivity contribution in [3.8, 4) is 5.69 Å². The molecular formula is C29H30FN5O2S. The molecule has 7 nitrogen and oxygen atoms in total. The maximum absolute atomic E-state index is 13.9. The molecule has 0 spiro atoms. The van der Waals surface area contributed by atoms with Crippen LogP contribution in [0.1, 0.15) is 48.1 Å². The lowest BCUT2D eigenvalue weighted by Gasteiger charge is -2.19. The molecule has 0 saturated carbocycles. The van der Waals surface area contributed by atoms with Gasteiger partial charge in [-0.15, -0.1) is 10.2 Å². The first-order chi connectivity index (χ1) is 18.1. The van der Waals surface area contributed by atoms with E-state index in [-0.39, 0.29) is 35.2 Å². The van der Waals surface area contributed by atoms with Gasteiger partial charge in [0.15, 0.2) is 11.0 Å². The fourth-order valence-corrected chi connectivity index (χ4v) is 4.57. The standard InChI is InChI=1S/C29H30FN5O2S/c1-19-8-7-9-22(16-19)35-25(17-31-27(37)20-12-14-21(15-13-20)29(2,3)4)33-34-28(35)38-18-26(36)32-24-11-6-5-10-23(24)30/h5-16H,17-18H2,1-4H3,(H,31,37)(H,32,36).